The van der Waals surface area contributed by atoms with Crippen molar-refractivity contribution in [1.29, 1.82) is 0 Å². The zero-order chi connectivity index (χ0) is 25.6. The molecule has 1 N–H and O–H groups in total. The Morgan fingerprint density at radius 2 is 1.84 bits per heavy atom. The molecule has 0 aromatic heterocycles. The van der Waals surface area contributed by atoms with Gasteiger partial charge in [0.1, 0.15) is 18.1 Å². The van der Waals surface area contributed by atoms with Crippen molar-refractivity contribution in [3.05, 3.63) is 77.4 Å². The maximum absolute atomic E-state index is 11.9. The first-order chi connectivity index (χ1) is 18.2. The molecule has 1 fully saturated rings. The van der Waals surface area contributed by atoms with Crippen LogP contribution < -0.4 is 14.8 Å². The molecule has 6 heteroatoms. The molecule has 3 aromatic rings. The molecule has 0 saturated heterocycles. The number of hydrogen-bond donors (Lipinski definition) is 1. The van der Waals surface area contributed by atoms with Gasteiger partial charge in [0.15, 0.2) is 0 Å². The fourth-order valence-electron chi connectivity index (χ4n) is 4.91. The van der Waals surface area contributed by atoms with Gasteiger partial charge in [0.25, 0.3) is 0 Å². The van der Waals surface area contributed by atoms with Crippen molar-refractivity contribution in [3.8, 4) is 22.6 Å². The number of benzene rings is 3. The molecule has 0 unspecified atom stereocenters. The van der Waals surface area contributed by atoms with E-state index in [2.05, 4.69) is 59.9 Å². The number of esters is 1. The van der Waals surface area contributed by atoms with E-state index in [4.69, 9.17) is 18.9 Å². The number of nitrogens with one attached hydrogen (secondary N) is 1. The summed E-state index contributed by atoms with van der Waals surface area (Å²) in [7, 11) is 0. The highest BCUT2D eigenvalue weighted by Crippen LogP contribution is 2.48. The Hall–Kier alpha value is -3.51. The molecule has 194 valence electrons. The van der Waals surface area contributed by atoms with Crippen LogP contribution in [-0.4, -0.2) is 39.0 Å². The normalized spacial score (nSPS) is 17.6. The number of anilines is 1. The molecule has 1 aliphatic heterocycles. The summed E-state index contributed by atoms with van der Waals surface area (Å²) in [6, 6.07) is 21.1. The average Bonchev–Trinajstić information content (AvgIpc) is 3.74. The van der Waals surface area contributed by atoms with E-state index in [0.717, 1.165) is 35.6 Å². The lowest BCUT2D eigenvalue weighted by Crippen LogP contribution is -2.07. The van der Waals surface area contributed by atoms with Gasteiger partial charge in [-0.25, -0.2) is 0 Å². The molecule has 1 saturated carbocycles. The molecule has 6 nitrogen and oxygen atoms in total. The summed E-state index contributed by atoms with van der Waals surface area (Å²) >= 11 is 0. The molecular weight excluding hydrogens is 466 g/mol. The Kier molecular flexibility index (Phi) is 7.95. The van der Waals surface area contributed by atoms with Crippen molar-refractivity contribution in [2.75, 3.05) is 38.4 Å². The third-order valence-corrected chi connectivity index (χ3v) is 6.96. The van der Waals surface area contributed by atoms with Crippen molar-refractivity contribution in [2.24, 2.45) is 5.92 Å². The smallest absolute Gasteiger partial charge is 0.309 e. The van der Waals surface area contributed by atoms with Gasteiger partial charge < -0.3 is 24.3 Å². The highest BCUT2D eigenvalue weighted by molar-refractivity contribution is 5.77. The first kappa shape index (κ1) is 25.2. The number of fused-ring (bicyclic) bond motifs is 3. The summed E-state index contributed by atoms with van der Waals surface area (Å²) in [5.41, 5.74) is 6.97. The molecule has 37 heavy (non-hydrogen) atoms. The predicted molar refractivity (Wildman–Crippen MR) is 144 cm³/mol. The summed E-state index contributed by atoms with van der Waals surface area (Å²) < 4.78 is 22.5. The van der Waals surface area contributed by atoms with Crippen molar-refractivity contribution in [1.82, 2.24) is 0 Å². The molecule has 0 radical (unpaired) electrons. The van der Waals surface area contributed by atoms with E-state index in [1.165, 1.54) is 22.3 Å². The quantitative estimate of drug-likeness (QED) is 0.257. The second-order valence-corrected chi connectivity index (χ2v) is 9.47. The first-order valence-corrected chi connectivity index (χ1v) is 13.3. The predicted octanol–water partition coefficient (Wildman–Crippen LogP) is 5.98. The molecule has 1 heterocycles. The van der Waals surface area contributed by atoms with Gasteiger partial charge in [-0.05, 0) is 84.8 Å². The number of carbonyl (C=O) groups excluding carboxylic acids is 1. The molecule has 3 aromatic carbocycles. The lowest BCUT2D eigenvalue weighted by molar-refractivity contribution is -0.144. The summed E-state index contributed by atoms with van der Waals surface area (Å²) in [6.07, 6.45) is 1.72. The van der Waals surface area contributed by atoms with Gasteiger partial charge in [-0.1, -0.05) is 24.3 Å². The van der Waals surface area contributed by atoms with Gasteiger partial charge in [0.05, 0.1) is 25.7 Å². The molecule has 0 spiro atoms. The van der Waals surface area contributed by atoms with E-state index in [1.54, 1.807) is 0 Å². The SMILES string of the molecule is CCOCCOc1ccc2c(c1)CCOc1ccc(CNc3ccc([C@H]4C[C@@H]4C(=O)OCC)cc3)cc1-2. The van der Waals surface area contributed by atoms with Crippen LogP contribution in [0.1, 0.15) is 42.9 Å². The fourth-order valence-corrected chi connectivity index (χ4v) is 4.91. The highest BCUT2D eigenvalue weighted by Gasteiger charge is 2.45. The Morgan fingerprint density at radius 3 is 2.65 bits per heavy atom. The third-order valence-electron chi connectivity index (χ3n) is 6.96. The maximum atomic E-state index is 11.9. The summed E-state index contributed by atoms with van der Waals surface area (Å²) in [6.45, 7) is 7.45. The van der Waals surface area contributed by atoms with E-state index in [-0.39, 0.29) is 17.8 Å². The van der Waals surface area contributed by atoms with E-state index < -0.39 is 0 Å². The van der Waals surface area contributed by atoms with E-state index in [0.29, 0.717) is 39.6 Å². The lowest BCUT2D eigenvalue weighted by atomic mass is 9.96. The molecule has 5 rings (SSSR count). The van der Waals surface area contributed by atoms with Crippen LogP contribution in [0.5, 0.6) is 11.5 Å². The molecular formula is C31H35NO5. The number of carbonyl (C=O) groups is 1. The van der Waals surface area contributed by atoms with Gasteiger partial charge in [0.2, 0.25) is 0 Å². The van der Waals surface area contributed by atoms with E-state index >= 15 is 0 Å². The molecule has 0 amide bonds. The van der Waals surface area contributed by atoms with Crippen LogP contribution in [0.4, 0.5) is 5.69 Å². The Bertz CT molecular complexity index is 1220. The fraction of sp³-hybridized carbons (Fsp3) is 0.387. The van der Waals surface area contributed by atoms with Crippen molar-refractivity contribution < 1.29 is 23.7 Å². The third kappa shape index (κ3) is 6.08. The van der Waals surface area contributed by atoms with Crippen LogP contribution in [0.3, 0.4) is 0 Å². The van der Waals surface area contributed by atoms with Crippen molar-refractivity contribution >= 4 is 11.7 Å². The minimum Gasteiger partial charge on any atom is -0.493 e. The van der Waals surface area contributed by atoms with Gasteiger partial charge >= 0.3 is 5.97 Å². The van der Waals surface area contributed by atoms with Crippen LogP contribution in [0.15, 0.2) is 60.7 Å². The monoisotopic (exact) mass is 501 g/mol. The first-order valence-electron chi connectivity index (χ1n) is 13.3. The van der Waals surface area contributed by atoms with Crippen molar-refractivity contribution in [3.63, 3.8) is 0 Å². The number of ether oxygens (including phenoxy) is 4. The molecule has 2 atom stereocenters. The molecule has 2 aliphatic rings. The van der Waals surface area contributed by atoms with Gasteiger partial charge in [-0.2, -0.15) is 0 Å². The van der Waals surface area contributed by atoms with Crippen LogP contribution in [0, 0.1) is 5.92 Å². The van der Waals surface area contributed by atoms with Crippen molar-refractivity contribution in [2.45, 2.75) is 39.2 Å². The largest absolute Gasteiger partial charge is 0.493 e. The topological polar surface area (TPSA) is 66.0 Å². The summed E-state index contributed by atoms with van der Waals surface area (Å²) in [5, 5.41) is 3.53. The van der Waals surface area contributed by atoms with Gasteiger partial charge in [0, 0.05) is 30.8 Å². The Balaban J connectivity index is 1.23. The summed E-state index contributed by atoms with van der Waals surface area (Å²) in [5.74, 6) is 2.00. The summed E-state index contributed by atoms with van der Waals surface area (Å²) in [4.78, 5) is 11.9. The molecule has 1 aliphatic carbocycles. The standard InChI is InChI=1S/C31H35NO5/c1-3-34-15-16-36-25-10-11-26-23(18-25)13-14-37-30-12-5-21(17-28(26)30)20-32-24-8-6-22(7-9-24)27-19-29(27)31(33)35-4-2/h5-12,17-18,27,29,32H,3-4,13-16,19-20H2,1-2H3/t27-,29+/m1/s1. The Labute approximate surface area is 218 Å². The van der Waals surface area contributed by atoms with E-state index in [1.807, 2.05) is 19.9 Å². The molecule has 0 bridgehead atoms. The van der Waals surface area contributed by atoms with E-state index in [9.17, 15) is 4.79 Å². The second-order valence-electron chi connectivity index (χ2n) is 9.47. The number of hydrogen-bond acceptors (Lipinski definition) is 6. The maximum Gasteiger partial charge on any atom is 0.309 e. The number of rotatable bonds is 11. The van der Waals surface area contributed by atoms with Crippen LogP contribution in [0.2, 0.25) is 0 Å². The minimum atomic E-state index is -0.0752. The van der Waals surface area contributed by atoms with Crippen LogP contribution in [0.25, 0.3) is 11.1 Å². The van der Waals surface area contributed by atoms with Crippen LogP contribution in [-0.2, 0) is 27.2 Å². The zero-order valence-corrected chi connectivity index (χ0v) is 21.6. The van der Waals surface area contributed by atoms with Crippen LogP contribution >= 0.6 is 0 Å². The van der Waals surface area contributed by atoms with Gasteiger partial charge in [-0.3, -0.25) is 4.79 Å². The Morgan fingerprint density at radius 1 is 0.973 bits per heavy atom. The minimum absolute atomic E-state index is 0.0150. The second kappa shape index (κ2) is 11.7. The zero-order valence-electron chi connectivity index (χ0n) is 21.6. The highest BCUT2D eigenvalue weighted by atomic mass is 16.5. The average molecular weight is 502 g/mol. The van der Waals surface area contributed by atoms with Gasteiger partial charge in [-0.15, -0.1) is 0 Å². The lowest BCUT2D eigenvalue weighted by Gasteiger charge is -2.14.